The second-order valence-electron chi connectivity index (χ2n) is 4.59. The molecule has 3 heteroatoms. The van der Waals surface area contributed by atoms with Crippen LogP contribution in [-0.2, 0) is 0 Å². The normalized spacial score (nSPS) is 23.2. The zero-order valence-electron chi connectivity index (χ0n) is 8.47. The molecule has 0 heterocycles. The third-order valence-electron chi connectivity index (χ3n) is 2.88. The van der Waals surface area contributed by atoms with Gasteiger partial charge >= 0.3 is 0 Å². The first-order valence-corrected chi connectivity index (χ1v) is 5.19. The average Bonchev–Trinajstić information content (AvgIpc) is 2.67. The van der Waals surface area contributed by atoms with Crippen molar-refractivity contribution >= 4 is 23.0 Å². The van der Waals surface area contributed by atoms with Crippen LogP contribution >= 0.6 is 11.6 Å². The third-order valence-corrected chi connectivity index (χ3v) is 3.19. The first kappa shape index (κ1) is 9.66. The lowest BCUT2D eigenvalue weighted by atomic mass is 10.2. The van der Waals surface area contributed by atoms with Gasteiger partial charge in [0.2, 0.25) is 0 Å². The Labute approximate surface area is 89.4 Å². The van der Waals surface area contributed by atoms with E-state index in [0.29, 0.717) is 16.5 Å². The standard InChI is InChI=1S/C11H15ClN2/c1-11(2)6-9(11)14-10-7(12)4-3-5-8(10)13/h3-5,9,14H,6,13H2,1-2H3. The predicted octanol–water partition coefficient (Wildman–Crippen LogP) is 3.13. The number of nitrogens with one attached hydrogen (secondary N) is 1. The predicted molar refractivity (Wildman–Crippen MR) is 61.7 cm³/mol. The van der Waals surface area contributed by atoms with Gasteiger partial charge < -0.3 is 11.1 Å². The molecule has 1 aliphatic rings. The maximum atomic E-state index is 6.05. The Morgan fingerprint density at radius 1 is 1.50 bits per heavy atom. The second kappa shape index (κ2) is 3.06. The highest BCUT2D eigenvalue weighted by molar-refractivity contribution is 6.33. The van der Waals surface area contributed by atoms with E-state index in [-0.39, 0.29) is 0 Å². The van der Waals surface area contributed by atoms with Crippen LogP contribution in [0.1, 0.15) is 20.3 Å². The molecule has 0 aromatic heterocycles. The van der Waals surface area contributed by atoms with E-state index in [2.05, 4.69) is 19.2 Å². The minimum absolute atomic E-state index is 0.381. The van der Waals surface area contributed by atoms with Gasteiger partial charge in [-0.2, -0.15) is 0 Å². The zero-order chi connectivity index (χ0) is 10.3. The van der Waals surface area contributed by atoms with Gasteiger partial charge in [-0.25, -0.2) is 0 Å². The second-order valence-corrected chi connectivity index (χ2v) is 5.00. The highest BCUT2D eigenvalue weighted by Crippen LogP contribution is 2.47. The van der Waals surface area contributed by atoms with Gasteiger partial charge in [-0.3, -0.25) is 0 Å². The Kier molecular flexibility index (Phi) is 2.11. The van der Waals surface area contributed by atoms with Crippen LogP contribution in [0.25, 0.3) is 0 Å². The van der Waals surface area contributed by atoms with E-state index >= 15 is 0 Å². The monoisotopic (exact) mass is 210 g/mol. The summed E-state index contributed by atoms with van der Waals surface area (Å²) < 4.78 is 0. The van der Waals surface area contributed by atoms with Gasteiger partial charge in [0.1, 0.15) is 0 Å². The summed E-state index contributed by atoms with van der Waals surface area (Å²) >= 11 is 6.05. The maximum Gasteiger partial charge on any atom is 0.0765 e. The van der Waals surface area contributed by atoms with Crippen molar-refractivity contribution in [1.29, 1.82) is 0 Å². The topological polar surface area (TPSA) is 38.0 Å². The fraction of sp³-hybridized carbons (Fsp3) is 0.455. The van der Waals surface area contributed by atoms with E-state index in [1.54, 1.807) is 0 Å². The largest absolute Gasteiger partial charge is 0.397 e. The summed E-state index contributed by atoms with van der Waals surface area (Å²) in [6.07, 6.45) is 1.18. The van der Waals surface area contributed by atoms with Crippen LogP contribution in [0.2, 0.25) is 5.02 Å². The fourth-order valence-electron chi connectivity index (χ4n) is 1.58. The minimum atomic E-state index is 0.381. The van der Waals surface area contributed by atoms with Gasteiger partial charge in [0, 0.05) is 6.04 Å². The van der Waals surface area contributed by atoms with Gasteiger partial charge in [-0.15, -0.1) is 0 Å². The molecule has 0 aliphatic heterocycles. The van der Waals surface area contributed by atoms with Gasteiger partial charge in [0.15, 0.2) is 0 Å². The zero-order valence-corrected chi connectivity index (χ0v) is 9.23. The third kappa shape index (κ3) is 1.67. The molecule has 2 rings (SSSR count). The number of halogens is 1. The summed E-state index contributed by atoms with van der Waals surface area (Å²) in [5.74, 6) is 0. The molecule has 0 spiro atoms. The van der Waals surface area contributed by atoms with Crippen molar-refractivity contribution in [1.82, 2.24) is 0 Å². The van der Waals surface area contributed by atoms with Crippen molar-refractivity contribution in [3.63, 3.8) is 0 Å². The molecule has 0 amide bonds. The number of para-hydroxylation sites is 1. The Bertz CT molecular complexity index is 340. The highest BCUT2D eigenvalue weighted by Gasteiger charge is 2.45. The molecule has 1 atom stereocenters. The molecule has 2 nitrogen and oxygen atoms in total. The smallest absolute Gasteiger partial charge is 0.0765 e. The summed E-state index contributed by atoms with van der Waals surface area (Å²) in [7, 11) is 0. The first-order chi connectivity index (χ1) is 6.50. The van der Waals surface area contributed by atoms with Crippen LogP contribution in [0.4, 0.5) is 11.4 Å². The van der Waals surface area contributed by atoms with E-state index in [1.807, 2.05) is 18.2 Å². The summed E-state index contributed by atoms with van der Waals surface area (Å²) in [5.41, 5.74) is 7.82. The van der Waals surface area contributed by atoms with Crippen LogP contribution in [0.15, 0.2) is 18.2 Å². The number of hydrogen-bond donors (Lipinski definition) is 2. The molecule has 0 bridgehead atoms. The number of nitrogen functional groups attached to an aromatic ring is 1. The van der Waals surface area contributed by atoms with Crippen molar-refractivity contribution < 1.29 is 0 Å². The van der Waals surface area contributed by atoms with Gasteiger partial charge in [0.25, 0.3) is 0 Å². The molecule has 1 saturated carbocycles. The molecule has 0 radical (unpaired) electrons. The average molecular weight is 211 g/mol. The minimum Gasteiger partial charge on any atom is -0.397 e. The van der Waals surface area contributed by atoms with Gasteiger partial charge in [-0.05, 0) is 24.0 Å². The first-order valence-electron chi connectivity index (χ1n) is 4.81. The number of nitrogens with two attached hydrogens (primary N) is 1. The van der Waals surface area contributed by atoms with Crippen molar-refractivity contribution in [2.45, 2.75) is 26.3 Å². The molecule has 1 aliphatic carbocycles. The molecule has 1 aromatic rings. The van der Waals surface area contributed by atoms with Crippen molar-refractivity contribution in [2.24, 2.45) is 5.41 Å². The van der Waals surface area contributed by atoms with Gasteiger partial charge in [0.05, 0.1) is 16.4 Å². The molecule has 1 unspecified atom stereocenters. The lowest BCUT2D eigenvalue weighted by molar-refractivity contribution is 0.631. The summed E-state index contributed by atoms with van der Waals surface area (Å²) in [4.78, 5) is 0. The molecular weight excluding hydrogens is 196 g/mol. The summed E-state index contributed by atoms with van der Waals surface area (Å²) in [5, 5.41) is 4.09. The lowest BCUT2D eigenvalue weighted by Gasteiger charge is -2.12. The Morgan fingerprint density at radius 3 is 2.64 bits per heavy atom. The molecular formula is C11H15ClN2. The van der Waals surface area contributed by atoms with Crippen molar-refractivity contribution in [2.75, 3.05) is 11.1 Å². The molecule has 0 saturated heterocycles. The summed E-state index contributed by atoms with van der Waals surface area (Å²) in [6.45, 7) is 4.47. The van der Waals surface area contributed by atoms with Crippen LogP contribution in [0.5, 0.6) is 0 Å². The molecule has 1 fully saturated rings. The van der Waals surface area contributed by atoms with Crippen molar-refractivity contribution in [3.8, 4) is 0 Å². The maximum absolute atomic E-state index is 6.05. The Hall–Kier alpha value is -0.890. The Balaban J connectivity index is 2.17. The van der Waals surface area contributed by atoms with E-state index in [1.165, 1.54) is 6.42 Å². The van der Waals surface area contributed by atoms with Crippen LogP contribution in [-0.4, -0.2) is 6.04 Å². The number of anilines is 2. The van der Waals surface area contributed by atoms with Gasteiger partial charge in [-0.1, -0.05) is 31.5 Å². The summed E-state index contributed by atoms with van der Waals surface area (Å²) in [6, 6.07) is 6.09. The number of hydrogen-bond acceptors (Lipinski definition) is 2. The number of rotatable bonds is 2. The molecule has 1 aromatic carbocycles. The van der Waals surface area contributed by atoms with Crippen LogP contribution in [0, 0.1) is 5.41 Å². The quantitative estimate of drug-likeness (QED) is 0.737. The fourth-order valence-corrected chi connectivity index (χ4v) is 1.82. The van der Waals surface area contributed by atoms with E-state index < -0.39 is 0 Å². The Morgan fingerprint density at radius 2 is 2.14 bits per heavy atom. The highest BCUT2D eigenvalue weighted by atomic mass is 35.5. The number of benzene rings is 1. The lowest BCUT2D eigenvalue weighted by Crippen LogP contribution is -2.10. The molecule has 14 heavy (non-hydrogen) atoms. The van der Waals surface area contributed by atoms with E-state index in [4.69, 9.17) is 17.3 Å². The van der Waals surface area contributed by atoms with E-state index in [0.717, 1.165) is 11.4 Å². The van der Waals surface area contributed by atoms with Crippen molar-refractivity contribution in [3.05, 3.63) is 23.2 Å². The van der Waals surface area contributed by atoms with Crippen LogP contribution < -0.4 is 11.1 Å². The SMILES string of the molecule is CC1(C)CC1Nc1c(N)cccc1Cl. The molecule has 76 valence electrons. The van der Waals surface area contributed by atoms with Crippen LogP contribution in [0.3, 0.4) is 0 Å². The van der Waals surface area contributed by atoms with E-state index in [9.17, 15) is 0 Å². The molecule has 3 N–H and O–H groups in total.